The minimum atomic E-state index is -0.193. The molecule has 1 fully saturated rings. The molecule has 1 aliphatic rings. The summed E-state index contributed by atoms with van der Waals surface area (Å²) in [4.78, 5) is 31.4. The van der Waals surface area contributed by atoms with Crippen LogP contribution in [0.2, 0.25) is 0 Å². The van der Waals surface area contributed by atoms with Crippen LogP contribution in [0, 0.1) is 0 Å². The van der Waals surface area contributed by atoms with Gasteiger partial charge >= 0.3 is 0 Å². The summed E-state index contributed by atoms with van der Waals surface area (Å²) in [5, 5.41) is 0.421. The third-order valence-electron chi connectivity index (χ3n) is 4.00. The first-order valence-electron chi connectivity index (χ1n) is 7.16. The van der Waals surface area contributed by atoms with Gasteiger partial charge in [-0.25, -0.2) is 4.98 Å². The van der Waals surface area contributed by atoms with Gasteiger partial charge in [-0.1, -0.05) is 19.3 Å². The number of aromatic amines is 1. The van der Waals surface area contributed by atoms with E-state index in [0.29, 0.717) is 16.3 Å². The molecule has 6 heteroatoms. The Morgan fingerprint density at radius 1 is 1.24 bits per heavy atom. The van der Waals surface area contributed by atoms with Gasteiger partial charge in [0.05, 0.1) is 22.6 Å². The van der Waals surface area contributed by atoms with Crippen LogP contribution in [-0.4, -0.2) is 14.5 Å². The van der Waals surface area contributed by atoms with E-state index >= 15 is 0 Å². The van der Waals surface area contributed by atoms with E-state index in [0.717, 1.165) is 25.7 Å². The first kappa shape index (κ1) is 14.1. The van der Waals surface area contributed by atoms with Crippen molar-refractivity contribution in [1.82, 2.24) is 14.5 Å². The molecule has 2 aromatic rings. The Kier molecular flexibility index (Phi) is 3.96. The SMILES string of the molecule is O=c1cc[nH]c(S)c1-c1cc(=O)n(C2CCCCC2)cn1. The Labute approximate surface area is 127 Å². The average Bonchev–Trinajstić information content (AvgIpc) is 2.48. The third-order valence-corrected chi connectivity index (χ3v) is 4.35. The quantitative estimate of drug-likeness (QED) is 0.837. The minimum Gasteiger partial charge on any atom is -0.356 e. The van der Waals surface area contributed by atoms with Crippen molar-refractivity contribution in [3.05, 3.63) is 45.2 Å². The molecule has 3 rings (SSSR count). The van der Waals surface area contributed by atoms with Gasteiger partial charge in [0.15, 0.2) is 5.43 Å². The van der Waals surface area contributed by atoms with Gasteiger partial charge in [0.2, 0.25) is 0 Å². The van der Waals surface area contributed by atoms with Crippen molar-refractivity contribution in [3.8, 4) is 11.3 Å². The minimum absolute atomic E-state index is 0.108. The molecule has 0 saturated heterocycles. The number of thiol groups is 1. The molecule has 0 aromatic carbocycles. The van der Waals surface area contributed by atoms with Gasteiger partial charge in [-0.15, -0.1) is 12.6 Å². The van der Waals surface area contributed by atoms with Crippen molar-refractivity contribution in [2.24, 2.45) is 0 Å². The Hall–Kier alpha value is -1.82. The second-order valence-electron chi connectivity index (χ2n) is 5.38. The van der Waals surface area contributed by atoms with Crippen LogP contribution in [0.4, 0.5) is 0 Å². The lowest BCUT2D eigenvalue weighted by Crippen LogP contribution is -2.26. The predicted octanol–water partition coefficient (Wildman–Crippen LogP) is 2.39. The predicted molar refractivity (Wildman–Crippen MR) is 83.9 cm³/mol. The smallest absolute Gasteiger partial charge is 0.254 e. The molecule has 110 valence electrons. The second-order valence-corrected chi connectivity index (χ2v) is 5.82. The van der Waals surface area contributed by atoms with Crippen molar-refractivity contribution in [1.29, 1.82) is 0 Å². The summed E-state index contributed by atoms with van der Waals surface area (Å²) >= 11 is 4.24. The van der Waals surface area contributed by atoms with Crippen molar-refractivity contribution < 1.29 is 0 Å². The number of H-pyrrole nitrogens is 1. The van der Waals surface area contributed by atoms with Gasteiger partial charge in [0, 0.05) is 24.4 Å². The first-order chi connectivity index (χ1) is 10.2. The zero-order chi connectivity index (χ0) is 14.8. The highest BCUT2D eigenvalue weighted by atomic mass is 32.1. The molecule has 0 radical (unpaired) electrons. The maximum Gasteiger partial charge on any atom is 0.254 e. The van der Waals surface area contributed by atoms with Crippen LogP contribution < -0.4 is 11.0 Å². The fourth-order valence-corrected chi connectivity index (χ4v) is 3.20. The lowest BCUT2D eigenvalue weighted by atomic mass is 9.95. The summed E-state index contributed by atoms with van der Waals surface area (Å²) in [6, 6.07) is 3.07. The van der Waals surface area contributed by atoms with Gasteiger partial charge in [0.25, 0.3) is 5.56 Å². The van der Waals surface area contributed by atoms with E-state index in [2.05, 4.69) is 22.6 Å². The summed E-state index contributed by atoms with van der Waals surface area (Å²) in [5.74, 6) is 0. The summed E-state index contributed by atoms with van der Waals surface area (Å²) in [6.45, 7) is 0. The molecular formula is C15H17N3O2S. The fraction of sp³-hybridized carbons (Fsp3) is 0.400. The van der Waals surface area contributed by atoms with Gasteiger partial charge < -0.3 is 4.98 Å². The highest BCUT2D eigenvalue weighted by Gasteiger charge is 2.17. The Morgan fingerprint density at radius 3 is 2.67 bits per heavy atom. The van der Waals surface area contributed by atoms with Crippen LogP contribution in [0.15, 0.2) is 39.3 Å². The van der Waals surface area contributed by atoms with E-state index in [1.807, 2.05) is 0 Å². The summed E-state index contributed by atoms with van der Waals surface area (Å²) in [5.41, 5.74) is 0.414. The number of hydrogen-bond acceptors (Lipinski definition) is 4. The normalized spacial score (nSPS) is 16.0. The van der Waals surface area contributed by atoms with Gasteiger partial charge in [-0.3, -0.25) is 14.2 Å². The lowest BCUT2D eigenvalue weighted by Gasteiger charge is -2.23. The van der Waals surface area contributed by atoms with Crippen LogP contribution in [-0.2, 0) is 0 Å². The molecule has 0 atom stereocenters. The second kappa shape index (κ2) is 5.89. The summed E-state index contributed by atoms with van der Waals surface area (Å²) in [7, 11) is 0. The molecule has 0 unspecified atom stereocenters. The zero-order valence-electron chi connectivity index (χ0n) is 11.6. The van der Waals surface area contributed by atoms with E-state index in [1.165, 1.54) is 24.8 Å². The third kappa shape index (κ3) is 2.81. The Morgan fingerprint density at radius 2 is 2.00 bits per heavy atom. The van der Waals surface area contributed by atoms with Crippen LogP contribution in [0.5, 0.6) is 0 Å². The number of aromatic nitrogens is 3. The number of nitrogens with zero attached hydrogens (tertiary/aromatic N) is 2. The van der Waals surface area contributed by atoms with Crippen molar-refractivity contribution >= 4 is 12.6 Å². The van der Waals surface area contributed by atoms with Gasteiger partial charge in [-0.05, 0) is 12.8 Å². The molecule has 1 saturated carbocycles. The molecular weight excluding hydrogens is 286 g/mol. The monoisotopic (exact) mass is 303 g/mol. The average molecular weight is 303 g/mol. The highest BCUT2D eigenvalue weighted by molar-refractivity contribution is 7.80. The van der Waals surface area contributed by atoms with E-state index in [-0.39, 0.29) is 17.0 Å². The fourth-order valence-electron chi connectivity index (χ4n) is 2.90. The lowest BCUT2D eigenvalue weighted by molar-refractivity contribution is 0.343. The summed E-state index contributed by atoms with van der Waals surface area (Å²) < 4.78 is 1.69. The number of nitrogens with one attached hydrogen (secondary N) is 1. The van der Waals surface area contributed by atoms with E-state index < -0.39 is 0 Å². The molecule has 1 aliphatic carbocycles. The van der Waals surface area contributed by atoms with Crippen LogP contribution >= 0.6 is 12.6 Å². The zero-order valence-corrected chi connectivity index (χ0v) is 12.5. The van der Waals surface area contributed by atoms with Crippen molar-refractivity contribution in [2.45, 2.75) is 43.2 Å². The topological polar surface area (TPSA) is 67.8 Å². The van der Waals surface area contributed by atoms with Crippen LogP contribution in [0.25, 0.3) is 11.3 Å². The van der Waals surface area contributed by atoms with Crippen molar-refractivity contribution in [3.63, 3.8) is 0 Å². The van der Waals surface area contributed by atoms with E-state index in [4.69, 9.17) is 0 Å². The maximum absolute atomic E-state index is 12.3. The molecule has 2 heterocycles. The molecule has 0 spiro atoms. The molecule has 0 bridgehead atoms. The first-order valence-corrected chi connectivity index (χ1v) is 7.61. The number of pyridine rings is 1. The van der Waals surface area contributed by atoms with Gasteiger partial charge in [0.1, 0.15) is 0 Å². The molecule has 5 nitrogen and oxygen atoms in total. The Balaban J connectivity index is 2.02. The van der Waals surface area contributed by atoms with Crippen LogP contribution in [0.1, 0.15) is 38.1 Å². The molecule has 0 aliphatic heterocycles. The van der Waals surface area contributed by atoms with E-state index in [9.17, 15) is 9.59 Å². The van der Waals surface area contributed by atoms with Gasteiger partial charge in [-0.2, -0.15) is 0 Å². The maximum atomic E-state index is 12.3. The number of rotatable bonds is 2. The van der Waals surface area contributed by atoms with Crippen LogP contribution in [0.3, 0.4) is 0 Å². The molecule has 2 aromatic heterocycles. The molecule has 21 heavy (non-hydrogen) atoms. The van der Waals surface area contributed by atoms with Crippen molar-refractivity contribution in [2.75, 3.05) is 0 Å². The summed E-state index contributed by atoms with van der Waals surface area (Å²) in [6.07, 6.45) is 8.66. The number of hydrogen-bond donors (Lipinski definition) is 2. The largest absolute Gasteiger partial charge is 0.356 e. The highest BCUT2D eigenvalue weighted by Crippen LogP contribution is 2.27. The molecule has 1 N–H and O–H groups in total. The molecule has 0 amide bonds. The van der Waals surface area contributed by atoms with E-state index in [1.54, 1.807) is 10.9 Å². The standard InChI is InChI=1S/C15H17N3O2S/c19-12-6-7-16-15(21)14(12)11-8-13(20)18(9-17-11)10-4-2-1-3-5-10/h6-10H,1-5H2,(H2,16,19,21). The Bertz CT molecular complexity index is 760.